The highest BCUT2D eigenvalue weighted by Gasteiger charge is 2.27. The maximum absolute atomic E-state index is 12.7. The van der Waals surface area contributed by atoms with Gasteiger partial charge in [0.25, 0.3) is 0 Å². The molecule has 0 unspecified atom stereocenters. The Morgan fingerprint density at radius 1 is 1.21 bits per heavy atom. The Morgan fingerprint density at radius 2 is 2.03 bits per heavy atom. The van der Waals surface area contributed by atoms with Crippen LogP contribution < -0.4 is 10.6 Å². The van der Waals surface area contributed by atoms with E-state index in [9.17, 15) is 9.59 Å². The Morgan fingerprint density at radius 3 is 2.83 bits per heavy atom. The van der Waals surface area contributed by atoms with Crippen LogP contribution in [0.5, 0.6) is 0 Å². The highest BCUT2D eigenvalue weighted by Crippen LogP contribution is 2.39. The summed E-state index contributed by atoms with van der Waals surface area (Å²) in [7, 11) is 0. The first-order chi connectivity index (χ1) is 14.2. The van der Waals surface area contributed by atoms with E-state index < -0.39 is 0 Å². The van der Waals surface area contributed by atoms with Crippen molar-refractivity contribution in [2.24, 2.45) is 0 Å². The van der Waals surface area contributed by atoms with Crippen LogP contribution in [0.15, 0.2) is 48.7 Å². The number of anilines is 3. The van der Waals surface area contributed by atoms with Crippen LogP contribution in [-0.2, 0) is 11.2 Å². The lowest BCUT2D eigenvalue weighted by Gasteiger charge is -2.14. The van der Waals surface area contributed by atoms with E-state index in [1.165, 1.54) is 0 Å². The molecule has 0 saturated carbocycles. The minimum atomic E-state index is -0.291. The van der Waals surface area contributed by atoms with Gasteiger partial charge < -0.3 is 15.6 Å². The third-order valence-corrected chi connectivity index (χ3v) is 4.81. The minimum absolute atomic E-state index is 0.0159. The number of carbonyl (C=O) groups is 2. The summed E-state index contributed by atoms with van der Waals surface area (Å²) in [5.41, 5.74) is 4.91. The van der Waals surface area contributed by atoms with Gasteiger partial charge in [0.2, 0.25) is 5.91 Å². The summed E-state index contributed by atoms with van der Waals surface area (Å²) in [5, 5.41) is 6.10. The molecule has 0 spiro atoms. The van der Waals surface area contributed by atoms with Crippen molar-refractivity contribution in [1.29, 1.82) is 0 Å². The summed E-state index contributed by atoms with van der Waals surface area (Å²) in [6.45, 7) is 0. The van der Waals surface area contributed by atoms with E-state index in [1.54, 1.807) is 12.3 Å². The number of carbonyl (C=O) groups excluding carboxylic acids is 2. The lowest BCUT2D eigenvalue weighted by Crippen LogP contribution is -2.11. The minimum Gasteiger partial charge on any atom is -0.356 e. The number of benzene rings is 1. The topological polar surface area (TPSA) is 86.9 Å². The normalized spacial score (nSPS) is 12.7. The van der Waals surface area contributed by atoms with Crippen LogP contribution in [0.2, 0.25) is 0 Å². The lowest BCUT2D eigenvalue weighted by atomic mass is 9.95. The van der Waals surface area contributed by atoms with Crippen LogP contribution in [0.25, 0.3) is 11.3 Å². The molecular formula is C23H20N4O2. The zero-order valence-electron chi connectivity index (χ0n) is 15.8. The number of hydrogen-bond donors (Lipinski definition) is 3. The molecule has 3 N–H and O–H groups in total. The van der Waals surface area contributed by atoms with Gasteiger partial charge >= 0.3 is 0 Å². The van der Waals surface area contributed by atoms with Crippen LogP contribution in [-0.4, -0.2) is 21.7 Å². The van der Waals surface area contributed by atoms with Gasteiger partial charge in [0.1, 0.15) is 5.82 Å². The van der Waals surface area contributed by atoms with Gasteiger partial charge in [-0.2, -0.15) is 0 Å². The first-order valence-electron chi connectivity index (χ1n) is 9.45. The van der Waals surface area contributed by atoms with Gasteiger partial charge in [0, 0.05) is 29.6 Å². The molecule has 0 aliphatic heterocycles. The van der Waals surface area contributed by atoms with E-state index in [0.717, 1.165) is 41.2 Å². The van der Waals surface area contributed by atoms with Crippen molar-refractivity contribution in [1.82, 2.24) is 9.97 Å². The number of nitrogens with one attached hydrogen (secondary N) is 3. The van der Waals surface area contributed by atoms with E-state index in [1.807, 2.05) is 36.4 Å². The first-order valence-corrected chi connectivity index (χ1v) is 9.45. The SMILES string of the molecule is C#CCC(=O)Nc1cc(-c2[nH]c3c(c2Nc2ccccc2)C(=O)CCC3)ccn1. The zero-order chi connectivity index (χ0) is 20.2. The van der Waals surface area contributed by atoms with E-state index in [-0.39, 0.29) is 18.1 Å². The maximum Gasteiger partial charge on any atom is 0.237 e. The van der Waals surface area contributed by atoms with Crippen LogP contribution in [0.4, 0.5) is 17.2 Å². The van der Waals surface area contributed by atoms with Crippen LogP contribution in [0, 0.1) is 12.3 Å². The molecule has 6 nitrogen and oxygen atoms in total. The molecule has 1 aromatic carbocycles. The summed E-state index contributed by atoms with van der Waals surface area (Å²) in [4.78, 5) is 32.1. The Labute approximate surface area is 168 Å². The molecule has 3 aromatic rings. The van der Waals surface area contributed by atoms with Crippen LogP contribution in [0.3, 0.4) is 0 Å². The summed E-state index contributed by atoms with van der Waals surface area (Å²) in [6, 6.07) is 13.3. The van der Waals surface area contributed by atoms with Crippen molar-refractivity contribution < 1.29 is 9.59 Å². The number of aryl methyl sites for hydroxylation is 1. The number of hydrogen-bond acceptors (Lipinski definition) is 4. The Balaban J connectivity index is 1.77. The summed E-state index contributed by atoms with van der Waals surface area (Å²) < 4.78 is 0. The molecule has 1 aliphatic rings. The summed E-state index contributed by atoms with van der Waals surface area (Å²) in [6.07, 6.45) is 8.99. The van der Waals surface area contributed by atoms with E-state index in [0.29, 0.717) is 17.8 Å². The van der Waals surface area contributed by atoms with Gasteiger partial charge in [-0.15, -0.1) is 6.42 Å². The molecule has 0 saturated heterocycles. The molecular weight excluding hydrogens is 364 g/mol. The number of nitrogens with zero attached hydrogens (tertiary/aromatic N) is 1. The van der Waals surface area contributed by atoms with Gasteiger partial charge in [-0.1, -0.05) is 24.1 Å². The number of aromatic amines is 1. The Bertz CT molecular complexity index is 1110. The molecule has 144 valence electrons. The van der Waals surface area contributed by atoms with Crippen LogP contribution in [0.1, 0.15) is 35.3 Å². The molecule has 0 fully saturated rings. The van der Waals surface area contributed by atoms with Crippen molar-refractivity contribution in [3.8, 4) is 23.6 Å². The fourth-order valence-corrected chi connectivity index (χ4v) is 3.54. The number of fused-ring (bicyclic) bond motifs is 1. The maximum atomic E-state index is 12.7. The summed E-state index contributed by atoms with van der Waals surface area (Å²) >= 11 is 0. The molecule has 0 bridgehead atoms. The smallest absolute Gasteiger partial charge is 0.237 e. The second-order valence-electron chi connectivity index (χ2n) is 6.86. The number of pyridine rings is 1. The number of rotatable bonds is 5. The molecule has 4 rings (SSSR count). The second-order valence-corrected chi connectivity index (χ2v) is 6.86. The van der Waals surface area contributed by atoms with E-state index in [2.05, 4.69) is 26.5 Å². The van der Waals surface area contributed by atoms with Crippen molar-refractivity contribution in [2.45, 2.75) is 25.7 Å². The Kier molecular flexibility index (Phi) is 5.12. The molecule has 2 aromatic heterocycles. The molecule has 0 atom stereocenters. The summed E-state index contributed by atoms with van der Waals surface area (Å²) in [5.74, 6) is 2.56. The number of H-pyrrole nitrogens is 1. The molecule has 0 radical (unpaired) electrons. The number of para-hydroxylation sites is 1. The standard InChI is InChI=1S/C23H20N4O2/c1-2-7-20(29)27-19-14-15(12-13-24-19)22-23(25-16-8-4-3-5-9-16)21-17(26-22)10-6-11-18(21)28/h1,3-5,8-9,12-14,25-26H,6-7,10-11H2,(H,24,27,29). The highest BCUT2D eigenvalue weighted by atomic mass is 16.1. The van der Waals surface area contributed by atoms with E-state index >= 15 is 0 Å². The fraction of sp³-hybridized carbons (Fsp3) is 0.174. The van der Waals surface area contributed by atoms with Crippen LogP contribution >= 0.6 is 0 Å². The lowest BCUT2D eigenvalue weighted by molar-refractivity contribution is -0.115. The van der Waals surface area contributed by atoms with E-state index in [4.69, 9.17) is 6.42 Å². The Hall–Kier alpha value is -3.85. The first kappa shape index (κ1) is 18.5. The van der Waals surface area contributed by atoms with Gasteiger partial charge in [0.15, 0.2) is 5.78 Å². The average molecular weight is 384 g/mol. The van der Waals surface area contributed by atoms with Crippen molar-refractivity contribution >= 4 is 28.9 Å². The zero-order valence-corrected chi connectivity index (χ0v) is 15.8. The number of ketones is 1. The number of terminal acetylenes is 1. The molecule has 2 heterocycles. The molecule has 29 heavy (non-hydrogen) atoms. The highest BCUT2D eigenvalue weighted by molar-refractivity contribution is 6.07. The largest absolute Gasteiger partial charge is 0.356 e. The molecule has 1 aliphatic carbocycles. The van der Waals surface area contributed by atoms with Gasteiger partial charge in [0.05, 0.1) is 23.4 Å². The van der Waals surface area contributed by atoms with Crippen molar-refractivity contribution in [3.63, 3.8) is 0 Å². The number of aromatic nitrogens is 2. The predicted octanol–water partition coefficient (Wildman–Crippen LogP) is 4.30. The fourth-order valence-electron chi connectivity index (χ4n) is 3.54. The quantitative estimate of drug-likeness (QED) is 0.573. The third kappa shape index (κ3) is 3.90. The average Bonchev–Trinajstić information content (AvgIpc) is 3.09. The second kappa shape index (κ2) is 8.03. The van der Waals surface area contributed by atoms with Crippen molar-refractivity contribution in [3.05, 3.63) is 59.9 Å². The van der Waals surface area contributed by atoms with Gasteiger partial charge in [-0.3, -0.25) is 9.59 Å². The number of amides is 1. The van der Waals surface area contributed by atoms with Crippen molar-refractivity contribution in [2.75, 3.05) is 10.6 Å². The van der Waals surface area contributed by atoms with Gasteiger partial charge in [-0.25, -0.2) is 4.98 Å². The molecule has 6 heteroatoms. The molecule has 1 amide bonds. The predicted molar refractivity (Wildman–Crippen MR) is 113 cm³/mol. The van der Waals surface area contributed by atoms with Gasteiger partial charge in [-0.05, 0) is 37.1 Å². The monoisotopic (exact) mass is 384 g/mol. The number of Topliss-reactive ketones (excluding diaryl/α,β-unsaturated/α-hetero) is 1. The third-order valence-electron chi connectivity index (χ3n) is 4.81.